The molecule has 2 aromatic carbocycles. The lowest BCUT2D eigenvalue weighted by atomic mass is 10.2. The van der Waals surface area contributed by atoms with Crippen LogP contribution in [0.25, 0.3) is 17.1 Å². The molecule has 0 aliphatic heterocycles. The Morgan fingerprint density at radius 2 is 1.77 bits per heavy atom. The molecular formula is C20H20N4O2. The molecule has 0 fully saturated rings. The van der Waals surface area contributed by atoms with Gasteiger partial charge in [-0.15, -0.1) is 11.7 Å². The van der Waals surface area contributed by atoms with E-state index in [0.29, 0.717) is 12.4 Å². The van der Waals surface area contributed by atoms with Gasteiger partial charge < -0.3 is 10.0 Å². The van der Waals surface area contributed by atoms with Crippen molar-refractivity contribution in [2.45, 2.75) is 0 Å². The van der Waals surface area contributed by atoms with Crippen LogP contribution >= 0.6 is 0 Å². The highest BCUT2D eigenvalue weighted by Gasteiger charge is 2.22. The molecule has 1 heterocycles. The molecule has 1 N–H and O–H groups in total. The van der Waals surface area contributed by atoms with E-state index >= 15 is 0 Å². The Labute approximate surface area is 152 Å². The highest BCUT2D eigenvalue weighted by atomic mass is 16.3. The van der Waals surface area contributed by atoms with Crippen LogP contribution in [0.1, 0.15) is 10.6 Å². The maximum atomic E-state index is 12.8. The first-order valence-electron chi connectivity index (χ1n) is 8.33. The van der Waals surface area contributed by atoms with E-state index in [1.165, 1.54) is 4.90 Å². The molecule has 132 valence electrons. The fourth-order valence-corrected chi connectivity index (χ4v) is 2.62. The van der Waals surface area contributed by atoms with Crippen molar-refractivity contribution in [3.63, 3.8) is 0 Å². The van der Waals surface area contributed by atoms with Crippen LogP contribution in [0.15, 0.2) is 73.3 Å². The van der Waals surface area contributed by atoms with Crippen LogP contribution in [0.3, 0.4) is 0 Å². The first-order chi connectivity index (χ1) is 12.7. The van der Waals surface area contributed by atoms with E-state index in [-0.39, 0.29) is 24.9 Å². The predicted octanol–water partition coefficient (Wildman–Crippen LogP) is 2.55. The van der Waals surface area contributed by atoms with E-state index in [2.05, 4.69) is 16.7 Å². The van der Waals surface area contributed by atoms with Crippen LogP contribution in [0, 0.1) is 0 Å². The summed E-state index contributed by atoms with van der Waals surface area (Å²) < 4.78 is 1.66. The Bertz CT molecular complexity index is 818. The van der Waals surface area contributed by atoms with E-state index in [4.69, 9.17) is 0 Å². The first kappa shape index (κ1) is 17.6. The molecule has 0 bridgehead atoms. The van der Waals surface area contributed by atoms with Gasteiger partial charge in [0.1, 0.15) is 0 Å². The number of nitrogens with zero attached hydrogens (tertiary/aromatic N) is 4. The zero-order chi connectivity index (χ0) is 18.4. The molecule has 3 aromatic rings. The Hall–Kier alpha value is -3.25. The zero-order valence-corrected chi connectivity index (χ0v) is 14.3. The number of amides is 1. The summed E-state index contributed by atoms with van der Waals surface area (Å²) in [6.07, 6.45) is 1.61. The summed E-state index contributed by atoms with van der Waals surface area (Å²) in [5, 5.41) is 13.6. The van der Waals surface area contributed by atoms with Gasteiger partial charge in [0.15, 0.2) is 5.82 Å². The van der Waals surface area contributed by atoms with E-state index in [1.807, 2.05) is 60.7 Å². The average Bonchev–Trinajstić information content (AvgIpc) is 3.14. The third-order valence-electron chi connectivity index (χ3n) is 3.84. The number of carbonyl (C=O) groups is 1. The number of aliphatic hydroxyl groups is 1. The van der Waals surface area contributed by atoms with Crippen LogP contribution in [0.5, 0.6) is 0 Å². The van der Waals surface area contributed by atoms with E-state index < -0.39 is 0 Å². The Morgan fingerprint density at radius 1 is 1.12 bits per heavy atom. The van der Waals surface area contributed by atoms with Gasteiger partial charge in [0.2, 0.25) is 5.82 Å². The molecule has 6 heteroatoms. The minimum atomic E-state index is -0.342. The van der Waals surface area contributed by atoms with Crippen molar-refractivity contribution >= 4 is 5.91 Å². The van der Waals surface area contributed by atoms with E-state index in [1.54, 1.807) is 10.8 Å². The first-order valence-corrected chi connectivity index (χ1v) is 8.33. The van der Waals surface area contributed by atoms with Crippen molar-refractivity contribution in [2.75, 3.05) is 19.7 Å². The SMILES string of the molecule is C=CCN(CCO)C(=O)c1nc(-c2ccccc2)n(-c2ccccc2)n1. The zero-order valence-electron chi connectivity index (χ0n) is 14.3. The maximum absolute atomic E-state index is 12.8. The summed E-state index contributed by atoms with van der Waals surface area (Å²) in [5.74, 6) is 0.330. The minimum Gasteiger partial charge on any atom is -0.395 e. The third kappa shape index (κ3) is 3.70. The van der Waals surface area contributed by atoms with Gasteiger partial charge in [-0.05, 0) is 12.1 Å². The quantitative estimate of drug-likeness (QED) is 0.666. The van der Waals surface area contributed by atoms with Gasteiger partial charge in [0.25, 0.3) is 5.91 Å². The van der Waals surface area contributed by atoms with Gasteiger partial charge in [-0.1, -0.05) is 54.6 Å². The van der Waals surface area contributed by atoms with E-state index in [0.717, 1.165) is 11.3 Å². The highest BCUT2D eigenvalue weighted by Crippen LogP contribution is 2.21. The molecule has 1 amide bonds. The lowest BCUT2D eigenvalue weighted by Crippen LogP contribution is -2.34. The van der Waals surface area contributed by atoms with Gasteiger partial charge in [-0.25, -0.2) is 9.67 Å². The summed E-state index contributed by atoms with van der Waals surface area (Å²) in [5.41, 5.74) is 1.68. The van der Waals surface area contributed by atoms with Gasteiger partial charge in [-0.2, -0.15) is 0 Å². The number of para-hydroxylation sites is 1. The van der Waals surface area contributed by atoms with Crippen molar-refractivity contribution in [1.82, 2.24) is 19.7 Å². The Balaban J connectivity index is 2.07. The number of rotatable bonds is 7. The topological polar surface area (TPSA) is 71.2 Å². The van der Waals surface area contributed by atoms with Crippen LogP contribution < -0.4 is 0 Å². The second-order valence-corrected chi connectivity index (χ2v) is 5.64. The number of benzene rings is 2. The summed E-state index contributed by atoms with van der Waals surface area (Å²) in [4.78, 5) is 18.7. The Kier molecular flexibility index (Phi) is 5.56. The summed E-state index contributed by atoms with van der Waals surface area (Å²) in [7, 11) is 0. The number of aliphatic hydroxyl groups excluding tert-OH is 1. The molecule has 0 spiro atoms. The monoisotopic (exact) mass is 348 g/mol. The lowest BCUT2D eigenvalue weighted by molar-refractivity contribution is 0.0731. The standard InChI is InChI=1S/C20H20N4O2/c1-2-13-23(14-15-25)20(26)18-21-19(16-9-5-3-6-10-16)24(22-18)17-11-7-4-8-12-17/h2-12,25H,1,13-15H2. The fourth-order valence-electron chi connectivity index (χ4n) is 2.62. The number of aromatic nitrogens is 3. The second kappa shape index (κ2) is 8.22. The molecule has 0 atom stereocenters. The molecule has 0 unspecified atom stereocenters. The normalized spacial score (nSPS) is 10.5. The number of hydrogen-bond acceptors (Lipinski definition) is 4. The van der Waals surface area contributed by atoms with Crippen molar-refractivity contribution in [3.05, 3.63) is 79.1 Å². The van der Waals surface area contributed by atoms with Crippen LogP contribution in [-0.4, -0.2) is 50.4 Å². The van der Waals surface area contributed by atoms with Gasteiger partial charge in [0.05, 0.1) is 12.3 Å². The summed E-state index contributed by atoms with van der Waals surface area (Å²) in [6.45, 7) is 4.04. The van der Waals surface area contributed by atoms with Crippen molar-refractivity contribution in [2.24, 2.45) is 0 Å². The molecule has 0 aliphatic carbocycles. The number of carbonyl (C=O) groups excluding carboxylic acids is 1. The van der Waals surface area contributed by atoms with Crippen LogP contribution in [0.4, 0.5) is 0 Å². The van der Waals surface area contributed by atoms with Gasteiger partial charge in [-0.3, -0.25) is 4.79 Å². The van der Waals surface area contributed by atoms with Crippen molar-refractivity contribution < 1.29 is 9.90 Å². The lowest BCUT2D eigenvalue weighted by Gasteiger charge is -2.17. The van der Waals surface area contributed by atoms with Crippen molar-refractivity contribution in [1.29, 1.82) is 0 Å². The molecule has 3 rings (SSSR count). The molecule has 0 saturated carbocycles. The molecule has 6 nitrogen and oxygen atoms in total. The number of hydrogen-bond donors (Lipinski definition) is 1. The molecule has 0 saturated heterocycles. The highest BCUT2D eigenvalue weighted by molar-refractivity contribution is 5.91. The summed E-state index contributed by atoms with van der Waals surface area (Å²) in [6, 6.07) is 19.1. The van der Waals surface area contributed by atoms with Crippen LogP contribution in [-0.2, 0) is 0 Å². The third-order valence-corrected chi connectivity index (χ3v) is 3.84. The van der Waals surface area contributed by atoms with Gasteiger partial charge >= 0.3 is 0 Å². The molecule has 26 heavy (non-hydrogen) atoms. The molecular weight excluding hydrogens is 328 g/mol. The van der Waals surface area contributed by atoms with Crippen LogP contribution in [0.2, 0.25) is 0 Å². The fraction of sp³-hybridized carbons (Fsp3) is 0.150. The summed E-state index contributed by atoms with van der Waals surface area (Å²) >= 11 is 0. The van der Waals surface area contributed by atoms with E-state index in [9.17, 15) is 9.90 Å². The maximum Gasteiger partial charge on any atom is 0.293 e. The smallest absolute Gasteiger partial charge is 0.293 e. The largest absolute Gasteiger partial charge is 0.395 e. The molecule has 0 aliphatic rings. The minimum absolute atomic E-state index is 0.0861. The predicted molar refractivity (Wildman–Crippen MR) is 100.0 cm³/mol. The Morgan fingerprint density at radius 3 is 2.38 bits per heavy atom. The molecule has 0 radical (unpaired) electrons. The van der Waals surface area contributed by atoms with Crippen molar-refractivity contribution in [3.8, 4) is 17.1 Å². The van der Waals surface area contributed by atoms with Gasteiger partial charge in [0, 0.05) is 18.7 Å². The molecule has 1 aromatic heterocycles. The average molecular weight is 348 g/mol. The second-order valence-electron chi connectivity index (χ2n) is 5.64.